The van der Waals surface area contributed by atoms with Crippen LogP contribution < -0.4 is 5.73 Å². The first kappa shape index (κ1) is 15.4. The van der Waals surface area contributed by atoms with Crippen LogP contribution in [-0.2, 0) is 4.79 Å². The van der Waals surface area contributed by atoms with Crippen LogP contribution in [0.2, 0.25) is 0 Å². The lowest BCUT2D eigenvalue weighted by Gasteiger charge is -2.38. The molecule has 1 unspecified atom stereocenters. The second-order valence-electron chi connectivity index (χ2n) is 5.81. The third-order valence-electron chi connectivity index (χ3n) is 3.21. The Morgan fingerprint density at radius 2 is 1.89 bits per heavy atom. The Balaban J connectivity index is 2.37. The lowest BCUT2D eigenvalue weighted by molar-refractivity contribution is -0.134. The minimum absolute atomic E-state index is 0.0692. The molecule has 1 atom stereocenters. The summed E-state index contributed by atoms with van der Waals surface area (Å²) < 4.78 is 0. The van der Waals surface area contributed by atoms with E-state index in [1.165, 1.54) is 0 Å². The van der Waals surface area contributed by atoms with E-state index in [9.17, 15) is 9.90 Å². The van der Waals surface area contributed by atoms with Crippen LogP contribution >= 0.6 is 0 Å². The van der Waals surface area contributed by atoms with Crippen molar-refractivity contribution in [1.82, 2.24) is 9.80 Å². The van der Waals surface area contributed by atoms with Crippen molar-refractivity contribution >= 4 is 5.91 Å². The smallest absolute Gasteiger partial charge is 0.239 e. The summed E-state index contributed by atoms with van der Waals surface area (Å²) in [5, 5.41) is 9.76. The average molecular weight is 257 g/mol. The van der Waals surface area contributed by atoms with Crippen LogP contribution in [-0.4, -0.2) is 65.2 Å². The summed E-state index contributed by atoms with van der Waals surface area (Å²) >= 11 is 0. The van der Waals surface area contributed by atoms with Gasteiger partial charge in [-0.15, -0.1) is 0 Å². The predicted molar refractivity (Wildman–Crippen MR) is 72.2 cm³/mol. The molecule has 3 N–H and O–H groups in total. The van der Waals surface area contributed by atoms with Gasteiger partial charge in [-0.1, -0.05) is 13.3 Å². The number of nitrogens with two attached hydrogens (primary N) is 1. The summed E-state index contributed by atoms with van der Waals surface area (Å²) in [6.07, 6.45) is 1.69. The van der Waals surface area contributed by atoms with E-state index in [1.807, 2.05) is 25.7 Å². The predicted octanol–water partition coefficient (Wildman–Crippen LogP) is 0.0289. The first-order valence-electron chi connectivity index (χ1n) is 6.82. The number of carbonyl (C=O) groups excluding carboxylic acids is 1. The van der Waals surface area contributed by atoms with Crippen LogP contribution in [0, 0.1) is 0 Å². The third-order valence-corrected chi connectivity index (χ3v) is 3.21. The first-order chi connectivity index (χ1) is 8.33. The van der Waals surface area contributed by atoms with E-state index in [2.05, 4.69) is 4.90 Å². The van der Waals surface area contributed by atoms with Crippen molar-refractivity contribution in [3.8, 4) is 0 Å². The largest absolute Gasteiger partial charge is 0.389 e. The number of amides is 1. The summed E-state index contributed by atoms with van der Waals surface area (Å²) in [4.78, 5) is 16.1. The van der Waals surface area contributed by atoms with Gasteiger partial charge in [0.25, 0.3) is 0 Å². The van der Waals surface area contributed by atoms with Crippen LogP contribution in [0.4, 0.5) is 0 Å². The Morgan fingerprint density at radius 3 is 2.33 bits per heavy atom. The Bertz CT molecular complexity index is 268. The van der Waals surface area contributed by atoms with Gasteiger partial charge >= 0.3 is 0 Å². The monoisotopic (exact) mass is 257 g/mol. The van der Waals surface area contributed by atoms with E-state index in [-0.39, 0.29) is 11.9 Å². The Labute approximate surface area is 110 Å². The molecule has 1 heterocycles. The number of rotatable bonds is 5. The number of β-amino-alcohol motifs (C(OH)–C–C–N with tert-alkyl or cyclic N) is 1. The molecule has 1 aliphatic rings. The van der Waals surface area contributed by atoms with Crippen molar-refractivity contribution in [2.45, 2.75) is 45.3 Å². The van der Waals surface area contributed by atoms with Gasteiger partial charge in [-0.2, -0.15) is 0 Å². The number of nitrogens with zero attached hydrogens (tertiary/aromatic N) is 2. The molecule has 106 valence electrons. The van der Waals surface area contributed by atoms with Crippen molar-refractivity contribution in [1.29, 1.82) is 0 Å². The molecule has 0 aromatic heterocycles. The maximum atomic E-state index is 12.0. The average Bonchev–Trinajstić information content (AvgIpc) is 2.27. The maximum Gasteiger partial charge on any atom is 0.239 e. The van der Waals surface area contributed by atoms with Gasteiger partial charge < -0.3 is 15.7 Å². The molecule has 0 bridgehead atoms. The second-order valence-corrected chi connectivity index (χ2v) is 5.81. The standard InChI is InChI=1S/C13H27N3O2/c1-4-5-11(14)12(17)16-8-6-15(7-9-16)10-13(2,3)18/h11,18H,4-10,14H2,1-3H3. The van der Waals surface area contributed by atoms with Gasteiger partial charge in [0.1, 0.15) is 0 Å². The molecule has 5 heteroatoms. The molecule has 0 spiro atoms. The summed E-state index contributed by atoms with van der Waals surface area (Å²) in [5.74, 6) is 0.0692. The summed E-state index contributed by atoms with van der Waals surface area (Å²) in [5.41, 5.74) is 5.17. The molecular formula is C13H27N3O2. The van der Waals surface area contributed by atoms with Gasteiger partial charge in [0.05, 0.1) is 11.6 Å². The lowest BCUT2D eigenvalue weighted by Crippen LogP contribution is -2.55. The van der Waals surface area contributed by atoms with Crippen molar-refractivity contribution in [3.63, 3.8) is 0 Å². The fourth-order valence-corrected chi connectivity index (χ4v) is 2.34. The minimum atomic E-state index is -0.676. The fraction of sp³-hybridized carbons (Fsp3) is 0.923. The Kier molecular flexibility index (Phi) is 5.56. The number of aliphatic hydroxyl groups is 1. The molecule has 1 aliphatic heterocycles. The molecule has 0 aromatic rings. The van der Waals surface area contributed by atoms with Crippen LogP contribution in [0.1, 0.15) is 33.6 Å². The van der Waals surface area contributed by atoms with E-state index in [0.29, 0.717) is 19.6 Å². The second kappa shape index (κ2) is 6.50. The molecule has 1 amide bonds. The third kappa shape index (κ3) is 4.92. The maximum absolute atomic E-state index is 12.0. The van der Waals surface area contributed by atoms with Crippen molar-refractivity contribution in [2.75, 3.05) is 32.7 Å². The lowest BCUT2D eigenvalue weighted by atomic mass is 10.1. The van der Waals surface area contributed by atoms with Gasteiger partial charge in [-0.25, -0.2) is 0 Å². The van der Waals surface area contributed by atoms with Crippen molar-refractivity contribution in [2.24, 2.45) is 5.73 Å². The van der Waals surface area contributed by atoms with E-state index in [1.54, 1.807) is 0 Å². The van der Waals surface area contributed by atoms with Crippen LogP contribution in [0.15, 0.2) is 0 Å². The highest BCUT2D eigenvalue weighted by Crippen LogP contribution is 2.10. The van der Waals surface area contributed by atoms with Gasteiger partial charge in [0.2, 0.25) is 5.91 Å². The van der Waals surface area contributed by atoms with Crippen molar-refractivity contribution < 1.29 is 9.90 Å². The van der Waals surface area contributed by atoms with Crippen LogP contribution in [0.5, 0.6) is 0 Å². The molecule has 1 rings (SSSR count). The van der Waals surface area contributed by atoms with Gasteiger partial charge in [0, 0.05) is 32.7 Å². The number of hydrogen-bond donors (Lipinski definition) is 2. The molecule has 0 aliphatic carbocycles. The van der Waals surface area contributed by atoms with Crippen molar-refractivity contribution in [3.05, 3.63) is 0 Å². The van der Waals surface area contributed by atoms with Crippen LogP contribution in [0.25, 0.3) is 0 Å². The zero-order chi connectivity index (χ0) is 13.8. The van der Waals surface area contributed by atoms with Gasteiger partial charge in [-0.05, 0) is 20.3 Å². The molecule has 0 aromatic carbocycles. The van der Waals surface area contributed by atoms with E-state index in [4.69, 9.17) is 5.73 Å². The fourth-order valence-electron chi connectivity index (χ4n) is 2.34. The molecule has 0 radical (unpaired) electrons. The van der Waals surface area contributed by atoms with Crippen LogP contribution in [0.3, 0.4) is 0 Å². The SMILES string of the molecule is CCCC(N)C(=O)N1CCN(CC(C)(C)O)CC1. The molecule has 5 nitrogen and oxygen atoms in total. The highest BCUT2D eigenvalue weighted by atomic mass is 16.3. The zero-order valence-electron chi connectivity index (χ0n) is 11.9. The van der Waals surface area contributed by atoms with E-state index < -0.39 is 5.60 Å². The van der Waals surface area contributed by atoms with E-state index >= 15 is 0 Å². The minimum Gasteiger partial charge on any atom is -0.389 e. The number of carbonyl (C=O) groups is 1. The highest BCUT2D eigenvalue weighted by molar-refractivity contribution is 5.81. The first-order valence-corrected chi connectivity index (χ1v) is 6.82. The van der Waals surface area contributed by atoms with E-state index in [0.717, 1.165) is 25.9 Å². The number of hydrogen-bond acceptors (Lipinski definition) is 4. The van der Waals surface area contributed by atoms with Gasteiger partial charge in [-0.3, -0.25) is 9.69 Å². The Morgan fingerprint density at radius 1 is 1.33 bits per heavy atom. The molecular weight excluding hydrogens is 230 g/mol. The topological polar surface area (TPSA) is 69.8 Å². The summed E-state index contributed by atoms with van der Waals surface area (Å²) in [7, 11) is 0. The summed E-state index contributed by atoms with van der Waals surface area (Å²) in [6, 6.07) is -0.351. The molecule has 1 fully saturated rings. The molecule has 18 heavy (non-hydrogen) atoms. The molecule has 1 saturated heterocycles. The van der Waals surface area contributed by atoms with Gasteiger partial charge in [0.15, 0.2) is 0 Å². The Hall–Kier alpha value is -0.650. The number of piperazine rings is 1. The molecule has 0 saturated carbocycles. The quantitative estimate of drug-likeness (QED) is 0.729. The zero-order valence-corrected chi connectivity index (χ0v) is 11.9. The highest BCUT2D eigenvalue weighted by Gasteiger charge is 2.26. The summed E-state index contributed by atoms with van der Waals surface area (Å²) in [6.45, 7) is 9.36. The normalized spacial score (nSPS) is 19.9.